The monoisotopic (exact) mass is 644 g/mol. The van der Waals surface area contributed by atoms with Gasteiger partial charge in [0.25, 0.3) is 0 Å². The van der Waals surface area contributed by atoms with E-state index in [0.29, 0.717) is 0 Å². The molecule has 3 nitrogen and oxygen atoms in total. The molecule has 0 aliphatic carbocycles. The average Bonchev–Trinajstić information content (AvgIpc) is 3.74. The Hall–Kier alpha value is -6.23. The van der Waals surface area contributed by atoms with Crippen LogP contribution in [0.2, 0.25) is 0 Å². The number of aromatic nitrogens is 1. The molecule has 7 aromatic carbocycles. The summed E-state index contributed by atoms with van der Waals surface area (Å²) in [7, 11) is 0. The van der Waals surface area contributed by atoms with Gasteiger partial charge in [0.15, 0.2) is 0 Å². The first kappa shape index (κ1) is 27.8. The second kappa shape index (κ2) is 11.2. The van der Waals surface area contributed by atoms with Gasteiger partial charge in [0.1, 0.15) is 11.2 Å². The predicted molar refractivity (Wildman–Crippen MR) is 207 cm³/mol. The highest BCUT2D eigenvalue weighted by Crippen LogP contribution is 2.42. The van der Waals surface area contributed by atoms with Crippen molar-refractivity contribution in [2.24, 2.45) is 0 Å². The summed E-state index contributed by atoms with van der Waals surface area (Å²) in [5, 5.41) is 5.92. The topological polar surface area (TPSA) is 29.3 Å². The van der Waals surface area contributed by atoms with E-state index >= 15 is 0 Å². The van der Waals surface area contributed by atoms with Gasteiger partial charge in [-0.05, 0) is 94.2 Å². The van der Waals surface area contributed by atoms with Gasteiger partial charge >= 0.3 is 0 Å². The van der Waals surface area contributed by atoms with Gasteiger partial charge in [-0.15, -0.1) is 11.3 Å². The van der Waals surface area contributed by atoms with Crippen LogP contribution in [0, 0.1) is 0 Å². The van der Waals surface area contributed by atoms with Crippen LogP contribution in [0.1, 0.15) is 0 Å². The number of anilines is 3. The molecule has 49 heavy (non-hydrogen) atoms. The second-order valence-corrected chi connectivity index (χ2v) is 13.5. The molecule has 3 heterocycles. The van der Waals surface area contributed by atoms with Gasteiger partial charge in [-0.1, -0.05) is 97.1 Å². The average molecular weight is 645 g/mol. The first-order valence-electron chi connectivity index (χ1n) is 16.4. The van der Waals surface area contributed by atoms with Gasteiger partial charge in [-0.25, -0.2) is 0 Å². The normalized spacial score (nSPS) is 11.7. The Labute approximate surface area is 286 Å². The highest BCUT2D eigenvalue weighted by atomic mass is 32.1. The van der Waals surface area contributed by atoms with E-state index < -0.39 is 0 Å². The minimum atomic E-state index is 0.886. The zero-order valence-corrected chi connectivity index (χ0v) is 27.2. The van der Waals surface area contributed by atoms with E-state index in [2.05, 4.69) is 157 Å². The Bertz CT molecular complexity index is 2830. The predicted octanol–water partition coefficient (Wildman–Crippen LogP) is 13.3. The fraction of sp³-hybridized carbons (Fsp3) is 0. The summed E-state index contributed by atoms with van der Waals surface area (Å²) in [6.45, 7) is 0. The maximum absolute atomic E-state index is 6.19. The van der Waals surface area contributed by atoms with Crippen molar-refractivity contribution < 1.29 is 4.42 Å². The van der Waals surface area contributed by atoms with Gasteiger partial charge in [0, 0.05) is 49.7 Å². The van der Waals surface area contributed by atoms with Crippen LogP contribution in [0.25, 0.3) is 75.3 Å². The largest absolute Gasteiger partial charge is 0.456 e. The molecule has 230 valence electrons. The standard InChI is InChI=1S/C45H28N2OS/c1-2-8-32-27-33(14-13-29(32)7-1)30-15-19-34(20-16-30)47(36-23-24-42-40(28-36)38-9-3-5-11-41(38)48-42)35-21-17-31(18-22-35)37-25-26-46-44-39-10-4-6-12-43(39)49-45(37)44/h1-28H. The molecule has 0 atom stereocenters. The van der Waals surface area contributed by atoms with Crippen LogP contribution in [0.5, 0.6) is 0 Å². The lowest BCUT2D eigenvalue weighted by Crippen LogP contribution is -2.09. The van der Waals surface area contributed by atoms with Crippen LogP contribution in [0.15, 0.2) is 174 Å². The number of nitrogens with zero attached hydrogens (tertiary/aromatic N) is 2. The van der Waals surface area contributed by atoms with Crippen LogP contribution in [-0.2, 0) is 0 Å². The maximum Gasteiger partial charge on any atom is 0.135 e. The molecule has 0 aliphatic heterocycles. The maximum atomic E-state index is 6.19. The third-order valence-corrected chi connectivity index (χ3v) is 10.7. The summed E-state index contributed by atoms with van der Waals surface area (Å²) in [4.78, 5) is 7.09. The van der Waals surface area contributed by atoms with Crippen molar-refractivity contribution in [2.75, 3.05) is 4.90 Å². The minimum absolute atomic E-state index is 0.886. The molecule has 3 aromatic heterocycles. The Morgan fingerprint density at radius 2 is 1.12 bits per heavy atom. The molecule has 0 spiro atoms. The molecule has 0 N–H and O–H groups in total. The number of furan rings is 1. The first-order valence-corrected chi connectivity index (χ1v) is 17.3. The molecule has 0 bridgehead atoms. The van der Waals surface area contributed by atoms with Gasteiger partial charge in [-0.3, -0.25) is 4.98 Å². The quantitative estimate of drug-likeness (QED) is 0.187. The SMILES string of the molecule is c1ccc2cc(-c3ccc(N(c4ccc(-c5ccnc6c5sc5ccccc56)cc4)c4ccc5oc6ccccc6c5c4)cc3)ccc2c1. The molecule has 10 aromatic rings. The number of hydrogen-bond donors (Lipinski definition) is 0. The van der Waals surface area contributed by atoms with Crippen molar-refractivity contribution in [1.29, 1.82) is 0 Å². The molecular formula is C45H28N2OS. The third-order valence-electron chi connectivity index (χ3n) is 9.52. The Balaban J connectivity index is 1.09. The highest BCUT2D eigenvalue weighted by molar-refractivity contribution is 7.26. The van der Waals surface area contributed by atoms with E-state index in [-0.39, 0.29) is 0 Å². The van der Waals surface area contributed by atoms with Crippen LogP contribution >= 0.6 is 11.3 Å². The van der Waals surface area contributed by atoms with Crippen molar-refractivity contribution in [3.63, 3.8) is 0 Å². The van der Waals surface area contributed by atoms with Crippen LogP contribution in [0.4, 0.5) is 17.1 Å². The number of fused-ring (bicyclic) bond motifs is 7. The summed E-state index contributed by atoms with van der Waals surface area (Å²) in [5.41, 5.74) is 10.9. The third kappa shape index (κ3) is 4.68. The molecular weight excluding hydrogens is 617 g/mol. The van der Waals surface area contributed by atoms with Gasteiger partial charge in [0.05, 0.1) is 10.2 Å². The van der Waals surface area contributed by atoms with Crippen LogP contribution in [0.3, 0.4) is 0 Å². The van der Waals surface area contributed by atoms with E-state index in [1.54, 1.807) is 0 Å². The lowest BCUT2D eigenvalue weighted by atomic mass is 10.0. The number of benzene rings is 7. The van der Waals surface area contributed by atoms with E-state index in [9.17, 15) is 0 Å². The Morgan fingerprint density at radius 1 is 0.469 bits per heavy atom. The van der Waals surface area contributed by atoms with E-state index in [0.717, 1.165) is 44.5 Å². The number of rotatable bonds is 5. The smallest absolute Gasteiger partial charge is 0.135 e. The lowest BCUT2D eigenvalue weighted by molar-refractivity contribution is 0.669. The summed E-state index contributed by atoms with van der Waals surface area (Å²) < 4.78 is 8.67. The van der Waals surface area contributed by atoms with Crippen molar-refractivity contribution in [3.05, 3.63) is 170 Å². The van der Waals surface area contributed by atoms with Crippen molar-refractivity contribution >= 4 is 81.4 Å². The molecule has 10 rings (SSSR count). The van der Waals surface area contributed by atoms with E-state index in [1.807, 2.05) is 29.7 Å². The highest BCUT2D eigenvalue weighted by Gasteiger charge is 2.17. The van der Waals surface area contributed by atoms with Crippen LogP contribution < -0.4 is 4.90 Å². The fourth-order valence-electron chi connectivity index (χ4n) is 7.09. The van der Waals surface area contributed by atoms with Crippen molar-refractivity contribution in [2.45, 2.75) is 0 Å². The molecule has 0 fully saturated rings. The molecule has 0 saturated carbocycles. The fourth-order valence-corrected chi connectivity index (χ4v) is 8.29. The second-order valence-electron chi connectivity index (χ2n) is 12.4. The zero-order chi connectivity index (χ0) is 32.3. The minimum Gasteiger partial charge on any atom is -0.456 e. The molecule has 0 radical (unpaired) electrons. The summed E-state index contributed by atoms with van der Waals surface area (Å²) in [5.74, 6) is 0. The molecule has 0 unspecified atom stereocenters. The van der Waals surface area contributed by atoms with Gasteiger partial charge in [0.2, 0.25) is 0 Å². The van der Waals surface area contributed by atoms with E-state index in [4.69, 9.17) is 9.40 Å². The van der Waals surface area contributed by atoms with Crippen LogP contribution in [-0.4, -0.2) is 4.98 Å². The van der Waals surface area contributed by atoms with Gasteiger partial charge < -0.3 is 9.32 Å². The Kier molecular flexibility index (Phi) is 6.36. The number of para-hydroxylation sites is 1. The van der Waals surface area contributed by atoms with Crippen molar-refractivity contribution in [1.82, 2.24) is 4.98 Å². The number of thiophene rings is 1. The number of hydrogen-bond acceptors (Lipinski definition) is 4. The number of pyridine rings is 1. The van der Waals surface area contributed by atoms with Crippen molar-refractivity contribution in [3.8, 4) is 22.3 Å². The lowest BCUT2D eigenvalue weighted by Gasteiger charge is -2.26. The molecule has 0 aliphatic rings. The van der Waals surface area contributed by atoms with E-state index in [1.165, 1.54) is 47.8 Å². The molecule has 4 heteroatoms. The summed E-state index contributed by atoms with van der Waals surface area (Å²) >= 11 is 1.81. The van der Waals surface area contributed by atoms with Gasteiger partial charge in [-0.2, -0.15) is 0 Å². The molecule has 0 amide bonds. The first-order chi connectivity index (χ1) is 24.3. The summed E-state index contributed by atoms with van der Waals surface area (Å²) in [6.07, 6.45) is 1.93. The molecule has 0 saturated heterocycles. The zero-order valence-electron chi connectivity index (χ0n) is 26.4. The summed E-state index contributed by atoms with van der Waals surface area (Å²) in [6, 6.07) is 58.4. The Morgan fingerprint density at radius 3 is 1.96 bits per heavy atom.